The van der Waals surface area contributed by atoms with Gasteiger partial charge in [0.25, 0.3) is 0 Å². The minimum Gasteiger partial charge on any atom is -0.493 e. The van der Waals surface area contributed by atoms with Crippen molar-refractivity contribution in [2.24, 2.45) is 0 Å². The molecule has 0 saturated heterocycles. The van der Waals surface area contributed by atoms with E-state index in [1.165, 1.54) is 0 Å². The Bertz CT molecular complexity index is 914. The van der Waals surface area contributed by atoms with Crippen LogP contribution in [0.25, 0.3) is 11.0 Å². The normalized spacial score (nSPS) is 10.6. The summed E-state index contributed by atoms with van der Waals surface area (Å²) in [5, 5.41) is 3.31. The van der Waals surface area contributed by atoms with Crippen LogP contribution in [-0.2, 0) is 6.54 Å². The number of methoxy groups -OCH3 is 3. The molecule has 3 N–H and O–H groups in total. The van der Waals surface area contributed by atoms with Crippen molar-refractivity contribution in [2.45, 2.75) is 6.54 Å². The third-order valence-electron chi connectivity index (χ3n) is 3.78. The Morgan fingerprint density at radius 2 is 1.67 bits per heavy atom. The van der Waals surface area contributed by atoms with Crippen LogP contribution < -0.4 is 25.2 Å². The Morgan fingerprint density at radius 1 is 0.917 bits per heavy atom. The first-order valence-corrected chi connectivity index (χ1v) is 7.40. The number of imidazole rings is 1. The van der Waals surface area contributed by atoms with E-state index in [9.17, 15) is 4.79 Å². The minimum absolute atomic E-state index is 0.219. The van der Waals surface area contributed by atoms with Crippen molar-refractivity contribution < 1.29 is 14.2 Å². The lowest BCUT2D eigenvalue weighted by molar-refractivity contribution is 0.322. The number of hydrogen-bond donors (Lipinski definition) is 3. The fraction of sp³-hybridized carbons (Fsp3) is 0.235. The van der Waals surface area contributed by atoms with E-state index in [2.05, 4.69) is 15.3 Å². The van der Waals surface area contributed by atoms with Crippen LogP contribution in [0.5, 0.6) is 17.2 Å². The number of aromatic nitrogens is 2. The van der Waals surface area contributed by atoms with E-state index in [1.54, 1.807) is 21.3 Å². The smallest absolute Gasteiger partial charge is 0.323 e. The van der Waals surface area contributed by atoms with Crippen LogP contribution >= 0.6 is 0 Å². The van der Waals surface area contributed by atoms with Crippen LogP contribution in [0.1, 0.15) is 5.56 Å². The van der Waals surface area contributed by atoms with Gasteiger partial charge in [-0.2, -0.15) is 0 Å². The number of fused-ring (bicyclic) bond motifs is 1. The summed E-state index contributed by atoms with van der Waals surface area (Å²) in [6, 6.07) is 9.39. The van der Waals surface area contributed by atoms with Gasteiger partial charge in [0.2, 0.25) is 5.75 Å². The first kappa shape index (κ1) is 15.8. The van der Waals surface area contributed by atoms with Crippen molar-refractivity contribution >= 4 is 16.7 Å². The van der Waals surface area contributed by atoms with Crippen LogP contribution in [0.3, 0.4) is 0 Å². The SMILES string of the molecule is COc1ccc(CNc2ccc3[nH]c(=O)[nH]c3c2)c(OC)c1OC. The van der Waals surface area contributed by atoms with Gasteiger partial charge < -0.3 is 29.5 Å². The predicted molar refractivity (Wildman–Crippen MR) is 92.3 cm³/mol. The molecule has 0 spiro atoms. The van der Waals surface area contributed by atoms with Crippen molar-refractivity contribution in [2.75, 3.05) is 26.6 Å². The molecular formula is C17H19N3O4. The summed E-state index contributed by atoms with van der Waals surface area (Å²) in [7, 11) is 4.76. The summed E-state index contributed by atoms with van der Waals surface area (Å²) >= 11 is 0. The highest BCUT2D eigenvalue weighted by molar-refractivity contribution is 5.78. The zero-order valence-electron chi connectivity index (χ0n) is 13.7. The summed E-state index contributed by atoms with van der Waals surface area (Å²) in [6.07, 6.45) is 0. The van der Waals surface area contributed by atoms with Crippen molar-refractivity contribution in [1.82, 2.24) is 9.97 Å². The summed E-state index contributed by atoms with van der Waals surface area (Å²) < 4.78 is 16.1. The molecule has 0 aliphatic rings. The van der Waals surface area contributed by atoms with E-state index in [4.69, 9.17) is 14.2 Å². The Kier molecular flexibility index (Phi) is 4.33. The zero-order chi connectivity index (χ0) is 17.1. The third kappa shape index (κ3) is 2.88. The number of H-pyrrole nitrogens is 2. The van der Waals surface area contributed by atoms with E-state index in [0.717, 1.165) is 22.3 Å². The fourth-order valence-corrected chi connectivity index (χ4v) is 2.64. The molecule has 1 heterocycles. The molecular weight excluding hydrogens is 310 g/mol. The predicted octanol–water partition coefficient (Wildman–Crippen LogP) is 2.49. The van der Waals surface area contributed by atoms with Crippen molar-refractivity contribution in [3.63, 3.8) is 0 Å². The summed E-state index contributed by atoms with van der Waals surface area (Å²) in [5.74, 6) is 1.80. The lowest BCUT2D eigenvalue weighted by Gasteiger charge is -2.16. The molecule has 0 unspecified atom stereocenters. The molecule has 0 atom stereocenters. The molecule has 0 fully saturated rings. The highest BCUT2D eigenvalue weighted by atomic mass is 16.5. The number of anilines is 1. The molecule has 2 aromatic carbocycles. The number of ether oxygens (including phenoxy) is 3. The molecule has 3 aromatic rings. The van der Waals surface area contributed by atoms with E-state index >= 15 is 0 Å². The van der Waals surface area contributed by atoms with Crippen LogP contribution in [0.4, 0.5) is 5.69 Å². The van der Waals surface area contributed by atoms with Gasteiger partial charge >= 0.3 is 5.69 Å². The molecule has 0 saturated carbocycles. The van der Waals surface area contributed by atoms with E-state index in [0.29, 0.717) is 23.8 Å². The second-order valence-corrected chi connectivity index (χ2v) is 5.19. The van der Waals surface area contributed by atoms with Gasteiger partial charge in [-0.25, -0.2) is 4.79 Å². The van der Waals surface area contributed by atoms with Gasteiger partial charge in [-0.05, 0) is 30.3 Å². The molecule has 7 nitrogen and oxygen atoms in total. The average molecular weight is 329 g/mol. The molecule has 126 valence electrons. The molecule has 0 radical (unpaired) electrons. The topological polar surface area (TPSA) is 88.4 Å². The minimum atomic E-state index is -0.219. The second-order valence-electron chi connectivity index (χ2n) is 5.19. The van der Waals surface area contributed by atoms with E-state index in [1.807, 2.05) is 30.3 Å². The van der Waals surface area contributed by atoms with Crippen molar-refractivity contribution in [1.29, 1.82) is 0 Å². The largest absolute Gasteiger partial charge is 0.493 e. The number of aromatic amines is 2. The van der Waals surface area contributed by atoms with Crippen LogP contribution in [0.15, 0.2) is 35.1 Å². The maximum absolute atomic E-state index is 11.3. The first-order chi connectivity index (χ1) is 11.7. The average Bonchev–Trinajstić information content (AvgIpc) is 2.97. The van der Waals surface area contributed by atoms with Crippen molar-refractivity contribution in [3.05, 3.63) is 46.4 Å². The van der Waals surface area contributed by atoms with Gasteiger partial charge in [0.15, 0.2) is 11.5 Å². The second kappa shape index (κ2) is 6.57. The molecule has 24 heavy (non-hydrogen) atoms. The van der Waals surface area contributed by atoms with Gasteiger partial charge in [0, 0.05) is 17.8 Å². The maximum Gasteiger partial charge on any atom is 0.323 e. The van der Waals surface area contributed by atoms with Gasteiger partial charge in [-0.15, -0.1) is 0 Å². The highest BCUT2D eigenvalue weighted by Gasteiger charge is 2.15. The van der Waals surface area contributed by atoms with Gasteiger partial charge in [0.05, 0.1) is 32.4 Å². The quantitative estimate of drug-likeness (QED) is 0.647. The van der Waals surface area contributed by atoms with Crippen molar-refractivity contribution in [3.8, 4) is 17.2 Å². The molecule has 0 amide bonds. The summed E-state index contributed by atoms with van der Waals surface area (Å²) in [4.78, 5) is 16.8. The lowest BCUT2D eigenvalue weighted by atomic mass is 10.1. The first-order valence-electron chi connectivity index (χ1n) is 7.40. The Labute approximate surface area is 138 Å². The lowest BCUT2D eigenvalue weighted by Crippen LogP contribution is -2.04. The number of hydrogen-bond acceptors (Lipinski definition) is 5. The number of nitrogens with one attached hydrogen (secondary N) is 3. The van der Waals surface area contributed by atoms with E-state index < -0.39 is 0 Å². The molecule has 3 rings (SSSR count). The third-order valence-corrected chi connectivity index (χ3v) is 3.78. The van der Waals surface area contributed by atoms with Crippen LogP contribution in [0.2, 0.25) is 0 Å². The van der Waals surface area contributed by atoms with Gasteiger partial charge in [0.1, 0.15) is 0 Å². The monoisotopic (exact) mass is 329 g/mol. The van der Waals surface area contributed by atoms with Crippen LogP contribution in [0, 0.1) is 0 Å². The molecule has 0 aliphatic heterocycles. The number of benzene rings is 2. The molecule has 0 bridgehead atoms. The Morgan fingerprint density at radius 3 is 2.38 bits per heavy atom. The number of rotatable bonds is 6. The zero-order valence-corrected chi connectivity index (χ0v) is 13.7. The maximum atomic E-state index is 11.3. The highest BCUT2D eigenvalue weighted by Crippen LogP contribution is 2.39. The Balaban J connectivity index is 1.86. The Hall–Kier alpha value is -3.09. The fourth-order valence-electron chi connectivity index (χ4n) is 2.64. The molecule has 1 aromatic heterocycles. The van der Waals surface area contributed by atoms with E-state index in [-0.39, 0.29) is 5.69 Å². The summed E-state index contributed by atoms with van der Waals surface area (Å²) in [6.45, 7) is 0.531. The van der Waals surface area contributed by atoms with Gasteiger partial charge in [-0.3, -0.25) is 0 Å². The molecule has 0 aliphatic carbocycles. The van der Waals surface area contributed by atoms with Crippen LogP contribution in [-0.4, -0.2) is 31.3 Å². The molecule has 7 heteroatoms. The summed E-state index contributed by atoms with van der Waals surface area (Å²) in [5.41, 5.74) is 3.12. The van der Waals surface area contributed by atoms with Gasteiger partial charge in [-0.1, -0.05) is 0 Å². The standard InChI is InChI=1S/C17H19N3O4/c1-22-14-7-4-10(15(23-2)16(14)24-3)9-18-11-5-6-12-13(8-11)20-17(21)19-12/h4-8,18H,9H2,1-3H3,(H2,19,20,21).